The lowest BCUT2D eigenvalue weighted by Crippen LogP contribution is -2.12. The first-order valence-electron chi connectivity index (χ1n) is 7.00. The van der Waals surface area contributed by atoms with Crippen LogP contribution < -0.4 is 0 Å². The lowest BCUT2D eigenvalue weighted by molar-refractivity contribution is -0.141. The Morgan fingerprint density at radius 3 is 2.43 bits per heavy atom. The maximum atomic E-state index is 12.5. The fourth-order valence-electron chi connectivity index (χ4n) is 2.89. The van der Waals surface area contributed by atoms with Crippen molar-refractivity contribution in [2.75, 3.05) is 0 Å². The van der Waals surface area contributed by atoms with E-state index in [-0.39, 0.29) is 11.7 Å². The van der Waals surface area contributed by atoms with Crippen molar-refractivity contribution in [2.45, 2.75) is 19.8 Å². The summed E-state index contributed by atoms with van der Waals surface area (Å²) >= 11 is 0. The molecule has 1 N–H and O–H groups in total. The molecular weight excluding hydrogens is 264 g/mol. The van der Waals surface area contributed by atoms with Gasteiger partial charge in [0.15, 0.2) is 5.78 Å². The molecule has 0 saturated carbocycles. The molecule has 0 heterocycles. The summed E-state index contributed by atoms with van der Waals surface area (Å²) in [6.07, 6.45) is 1.07. The van der Waals surface area contributed by atoms with E-state index in [1.54, 1.807) is 6.07 Å². The fraction of sp³-hybridized carbons (Fsp3) is 0.222. The highest BCUT2D eigenvalue weighted by molar-refractivity contribution is 6.09. The maximum Gasteiger partial charge on any atom is 0.307 e. The van der Waals surface area contributed by atoms with E-state index in [9.17, 15) is 9.59 Å². The van der Waals surface area contributed by atoms with E-state index in [1.165, 1.54) is 0 Å². The van der Waals surface area contributed by atoms with Crippen LogP contribution >= 0.6 is 0 Å². The first-order chi connectivity index (χ1) is 10.0. The highest BCUT2D eigenvalue weighted by Crippen LogP contribution is 2.28. The van der Waals surface area contributed by atoms with E-state index in [2.05, 4.69) is 0 Å². The molecule has 0 bridgehead atoms. The summed E-state index contributed by atoms with van der Waals surface area (Å²) in [5, 5.41) is 9.11. The summed E-state index contributed by atoms with van der Waals surface area (Å²) in [6.45, 7) is 1.96. The minimum Gasteiger partial charge on any atom is -0.481 e. The zero-order valence-corrected chi connectivity index (χ0v) is 11.8. The number of ketones is 1. The number of carbonyl (C=O) groups is 2. The highest BCUT2D eigenvalue weighted by Gasteiger charge is 2.27. The van der Waals surface area contributed by atoms with E-state index in [4.69, 9.17) is 5.11 Å². The molecule has 106 valence electrons. The molecule has 0 aromatic heterocycles. The summed E-state index contributed by atoms with van der Waals surface area (Å²) < 4.78 is 0. The number of hydrogen-bond acceptors (Lipinski definition) is 2. The predicted octanol–water partition coefficient (Wildman–Crippen LogP) is 3.03. The monoisotopic (exact) mass is 280 g/mol. The van der Waals surface area contributed by atoms with Crippen molar-refractivity contribution >= 4 is 11.8 Å². The van der Waals surface area contributed by atoms with Crippen LogP contribution in [0.5, 0.6) is 0 Å². The molecule has 2 aromatic rings. The smallest absolute Gasteiger partial charge is 0.307 e. The van der Waals surface area contributed by atoms with Crippen LogP contribution in [0.15, 0.2) is 42.5 Å². The second-order valence-electron chi connectivity index (χ2n) is 5.63. The number of rotatable bonds is 3. The van der Waals surface area contributed by atoms with Crippen LogP contribution in [0.1, 0.15) is 32.6 Å². The van der Waals surface area contributed by atoms with E-state index < -0.39 is 5.97 Å². The van der Waals surface area contributed by atoms with Crippen LogP contribution in [0.25, 0.3) is 0 Å². The van der Waals surface area contributed by atoms with Gasteiger partial charge in [-0.1, -0.05) is 35.9 Å². The molecule has 1 aliphatic carbocycles. The maximum absolute atomic E-state index is 12.5. The van der Waals surface area contributed by atoms with Gasteiger partial charge in [0.05, 0.1) is 5.92 Å². The Bertz CT molecular complexity index is 731. The van der Waals surface area contributed by atoms with Gasteiger partial charge in [0.25, 0.3) is 0 Å². The Morgan fingerprint density at radius 2 is 1.71 bits per heavy atom. The van der Waals surface area contributed by atoms with Crippen LogP contribution in [-0.4, -0.2) is 16.9 Å². The molecule has 1 unspecified atom stereocenters. The molecule has 2 aromatic carbocycles. The summed E-state index contributed by atoms with van der Waals surface area (Å²) in [4.78, 5) is 23.6. The minimum atomic E-state index is -0.766. The normalized spacial score (nSPS) is 16.5. The number of carboxylic acids is 1. The van der Waals surface area contributed by atoms with Gasteiger partial charge in [0.2, 0.25) is 0 Å². The van der Waals surface area contributed by atoms with Gasteiger partial charge in [-0.3, -0.25) is 9.59 Å². The third-order valence-electron chi connectivity index (χ3n) is 4.03. The SMILES string of the molecule is Cc1cccc(C(=O)c2ccc3c(c2)CC(C(=O)O)C3)c1. The Balaban J connectivity index is 1.91. The van der Waals surface area contributed by atoms with Crippen LogP contribution in [0.2, 0.25) is 0 Å². The van der Waals surface area contributed by atoms with Crippen molar-refractivity contribution < 1.29 is 14.7 Å². The van der Waals surface area contributed by atoms with Crippen LogP contribution in [0, 0.1) is 12.8 Å². The fourth-order valence-corrected chi connectivity index (χ4v) is 2.89. The Hall–Kier alpha value is -2.42. The van der Waals surface area contributed by atoms with Gasteiger partial charge in [-0.2, -0.15) is 0 Å². The van der Waals surface area contributed by atoms with Crippen molar-refractivity contribution in [3.63, 3.8) is 0 Å². The molecule has 1 atom stereocenters. The zero-order valence-electron chi connectivity index (χ0n) is 11.8. The zero-order chi connectivity index (χ0) is 15.0. The summed E-state index contributed by atoms with van der Waals surface area (Å²) in [5.74, 6) is -1.14. The van der Waals surface area contributed by atoms with Gasteiger partial charge in [0.1, 0.15) is 0 Å². The third-order valence-corrected chi connectivity index (χ3v) is 4.03. The topological polar surface area (TPSA) is 54.4 Å². The van der Waals surface area contributed by atoms with Crippen molar-refractivity contribution in [2.24, 2.45) is 5.92 Å². The Kier molecular flexibility index (Phi) is 3.34. The quantitative estimate of drug-likeness (QED) is 0.879. The number of aliphatic carboxylic acids is 1. The van der Waals surface area contributed by atoms with Gasteiger partial charge in [-0.15, -0.1) is 0 Å². The molecule has 0 amide bonds. The van der Waals surface area contributed by atoms with Gasteiger partial charge in [-0.05, 0) is 43.0 Å². The van der Waals surface area contributed by atoms with Crippen LogP contribution in [0.4, 0.5) is 0 Å². The van der Waals surface area contributed by atoms with E-state index >= 15 is 0 Å². The minimum absolute atomic E-state index is 0.0136. The number of carbonyl (C=O) groups excluding carboxylic acids is 1. The number of fused-ring (bicyclic) bond motifs is 1. The van der Waals surface area contributed by atoms with E-state index in [0.717, 1.165) is 16.7 Å². The molecule has 1 aliphatic rings. The van der Waals surface area contributed by atoms with Crippen LogP contribution in [-0.2, 0) is 17.6 Å². The molecule has 3 nitrogen and oxygen atoms in total. The lowest BCUT2D eigenvalue weighted by Gasteiger charge is -2.05. The lowest BCUT2D eigenvalue weighted by atomic mass is 9.98. The molecule has 0 radical (unpaired) electrons. The summed E-state index contributed by atoms with van der Waals surface area (Å²) in [7, 11) is 0. The van der Waals surface area contributed by atoms with Gasteiger partial charge in [0, 0.05) is 11.1 Å². The number of carboxylic acid groups (broad SMARTS) is 1. The summed E-state index contributed by atoms with van der Waals surface area (Å²) in [5.41, 5.74) is 4.38. The number of aryl methyl sites for hydroxylation is 1. The van der Waals surface area contributed by atoms with Gasteiger partial charge in [-0.25, -0.2) is 0 Å². The largest absolute Gasteiger partial charge is 0.481 e. The summed E-state index contributed by atoms with van der Waals surface area (Å²) in [6, 6.07) is 13.0. The average molecular weight is 280 g/mol. The molecule has 0 aliphatic heterocycles. The second kappa shape index (κ2) is 5.17. The van der Waals surface area contributed by atoms with Gasteiger partial charge < -0.3 is 5.11 Å². The second-order valence-corrected chi connectivity index (χ2v) is 5.63. The Labute approximate surface area is 123 Å². The van der Waals surface area contributed by atoms with Crippen molar-refractivity contribution in [3.8, 4) is 0 Å². The number of benzene rings is 2. The molecule has 21 heavy (non-hydrogen) atoms. The standard InChI is InChI=1S/C18H16O3/c1-11-3-2-4-13(7-11)17(19)14-6-5-12-8-16(18(20)21)10-15(12)9-14/h2-7,9,16H,8,10H2,1H3,(H,20,21). The molecule has 0 spiro atoms. The van der Waals surface area contributed by atoms with Crippen molar-refractivity contribution in [1.29, 1.82) is 0 Å². The van der Waals surface area contributed by atoms with Crippen molar-refractivity contribution in [1.82, 2.24) is 0 Å². The van der Waals surface area contributed by atoms with E-state index in [1.807, 2.05) is 43.3 Å². The average Bonchev–Trinajstić information content (AvgIpc) is 2.89. The predicted molar refractivity (Wildman–Crippen MR) is 79.6 cm³/mol. The number of hydrogen-bond donors (Lipinski definition) is 1. The third kappa shape index (κ3) is 2.59. The van der Waals surface area contributed by atoms with Gasteiger partial charge >= 0.3 is 5.97 Å². The molecule has 0 fully saturated rings. The highest BCUT2D eigenvalue weighted by atomic mass is 16.4. The van der Waals surface area contributed by atoms with Crippen LogP contribution in [0.3, 0.4) is 0 Å². The molecule has 0 saturated heterocycles. The Morgan fingerprint density at radius 1 is 1.00 bits per heavy atom. The molecule has 3 rings (SSSR count). The first kappa shape index (κ1) is 13.6. The van der Waals surface area contributed by atoms with E-state index in [0.29, 0.717) is 24.0 Å². The molecular formula is C18H16O3. The van der Waals surface area contributed by atoms with Crippen molar-refractivity contribution in [3.05, 3.63) is 70.3 Å². The molecule has 3 heteroatoms. The first-order valence-corrected chi connectivity index (χ1v) is 7.00.